The van der Waals surface area contributed by atoms with Gasteiger partial charge in [-0.25, -0.2) is 0 Å². The van der Waals surface area contributed by atoms with Gasteiger partial charge in [-0.15, -0.1) is 0 Å². The second-order valence-electron chi connectivity index (χ2n) is 5.37. The monoisotopic (exact) mass is 271 g/mol. The van der Waals surface area contributed by atoms with Crippen molar-refractivity contribution >= 4 is 11.6 Å². The van der Waals surface area contributed by atoms with Crippen LogP contribution in [0, 0.1) is 20.8 Å². The Bertz CT molecular complexity index is 663. The van der Waals surface area contributed by atoms with Crippen molar-refractivity contribution in [2.45, 2.75) is 33.1 Å². The highest BCUT2D eigenvalue weighted by atomic mass is 16.5. The van der Waals surface area contributed by atoms with Crippen LogP contribution in [-0.4, -0.2) is 22.6 Å². The Labute approximate surface area is 117 Å². The summed E-state index contributed by atoms with van der Waals surface area (Å²) in [6.07, 6.45) is 0.437. The average molecular weight is 271 g/mol. The minimum atomic E-state index is 0.0138. The Morgan fingerprint density at radius 3 is 2.80 bits per heavy atom. The number of amides is 1. The highest BCUT2D eigenvalue weighted by molar-refractivity contribution is 5.97. The highest BCUT2D eigenvalue weighted by Crippen LogP contribution is 2.32. The smallest absolute Gasteiger partial charge is 0.227 e. The Hall–Kier alpha value is -2.17. The minimum Gasteiger partial charge on any atom is -0.340 e. The topological polar surface area (TPSA) is 59.2 Å². The Morgan fingerprint density at radius 1 is 1.30 bits per heavy atom. The molecule has 1 aliphatic rings. The van der Waals surface area contributed by atoms with Gasteiger partial charge in [-0.2, -0.15) is 4.98 Å². The van der Waals surface area contributed by atoms with Crippen LogP contribution in [0.4, 0.5) is 5.69 Å². The molecule has 1 aromatic heterocycles. The number of benzene rings is 1. The van der Waals surface area contributed by atoms with Gasteiger partial charge in [0.15, 0.2) is 5.82 Å². The van der Waals surface area contributed by atoms with E-state index in [4.69, 9.17) is 4.52 Å². The molecule has 2 heterocycles. The maximum absolute atomic E-state index is 12.3. The summed E-state index contributed by atoms with van der Waals surface area (Å²) in [6, 6.07) is 6.15. The summed E-state index contributed by atoms with van der Waals surface area (Å²) in [5, 5.41) is 3.94. The fraction of sp³-hybridized carbons (Fsp3) is 0.400. The van der Waals surface area contributed by atoms with Gasteiger partial charge in [0.25, 0.3) is 0 Å². The molecule has 0 radical (unpaired) electrons. The summed E-state index contributed by atoms with van der Waals surface area (Å²) in [5.74, 6) is 1.30. The second-order valence-corrected chi connectivity index (χ2v) is 5.37. The van der Waals surface area contributed by atoms with Crippen molar-refractivity contribution in [3.05, 3.63) is 41.0 Å². The molecule has 1 aliphatic heterocycles. The summed E-state index contributed by atoms with van der Waals surface area (Å²) in [5.41, 5.74) is 3.24. The number of aromatic nitrogens is 2. The summed E-state index contributed by atoms with van der Waals surface area (Å²) >= 11 is 0. The van der Waals surface area contributed by atoms with E-state index in [1.165, 1.54) is 0 Å². The van der Waals surface area contributed by atoms with E-state index in [-0.39, 0.29) is 11.8 Å². The zero-order valence-corrected chi connectivity index (χ0v) is 11.9. The first-order valence-electron chi connectivity index (χ1n) is 6.72. The van der Waals surface area contributed by atoms with Gasteiger partial charge in [0.05, 0.1) is 0 Å². The zero-order valence-electron chi connectivity index (χ0n) is 11.9. The van der Waals surface area contributed by atoms with E-state index in [1.807, 2.05) is 24.8 Å². The molecule has 20 heavy (non-hydrogen) atoms. The number of nitrogens with zero attached hydrogens (tertiary/aromatic N) is 3. The number of aryl methyl sites for hydroxylation is 3. The lowest BCUT2D eigenvalue weighted by atomic mass is 10.1. The van der Waals surface area contributed by atoms with E-state index < -0.39 is 0 Å². The zero-order chi connectivity index (χ0) is 14.3. The quantitative estimate of drug-likeness (QED) is 0.842. The van der Waals surface area contributed by atoms with Gasteiger partial charge < -0.3 is 9.42 Å². The third-order valence-electron chi connectivity index (χ3n) is 3.69. The predicted molar refractivity (Wildman–Crippen MR) is 74.7 cm³/mol. The van der Waals surface area contributed by atoms with Crippen LogP contribution in [0.15, 0.2) is 22.7 Å². The molecule has 0 aliphatic carbocycles. The molecule has 1 atom stereocenters. The number of hydrogen-bond donors (Lipinski definition) is 0. The van der Waals surface area contributed by atoms with Gasteiger partial charge in [0.2, 0.25) is 11.8 Å². The molecule has 5 nitrogen and oxygen atoms in total. The third kappa shape index (κ3) is 2.19. The highest BCUT2D eigenvalue weighted by Gasteiger charge is 2.34. The van der Waals surface area contributed by atoms with Crippen LogP contribution in [0.25, 0.3) is 0 Å². The average Bonchev–Trinajstić information content (AvgIpc) is 2.99. The first kappa shape index (κ1) is 12.8. The fourth-order valence-electron chi connectivity index (χ4n) is 2.60. The summed E-state index contributed by atoms with van der Waals surface area (Å²) < 4.78 is 5.01. The van der Waals surface area contributed by atoms with Crippen molar-refractivity contribution in [1.29, 1.82) is 0 Å². The predicted octanol–water partition coefficient (Wildman–Crippen LogP) is 2.52. The van der Waals surface area contributed by atoms with Gasteiger partial charge >= 0.3 is 0 Å². The van der Waals surface area contributed by atoms with Crippen molar-refractivity contribution < 1.29 is 9.32 Å². The van der Waals surface area contributed by atoms with Crippen molar-refractivity contribution in [2.75, 3.05) is 11.4 Å². The van der Waals surface area contributed by atoms with E-state index in [0.717, 1.165) is 16.8 Å². The van der Waals surface area contributed by atoms with E-state index in [0.29, 0.717) is 24.7 Å². The molecule has 0 saturated carbocycles. The summed E-state index contributed by atoms with van der Waals surface area (Å²) in [6.45, 7) is 6.43. The van der Waals surface area contributed by atoms with Crippen LogP contribution in [0.5, 0.6) is 0 Å². The maximum atomic E-state index is 12.3. The molecule has 0 N–H and O–H groups in total. The molecule has 5 heteroatoms. The lowest BCUT2D eigenvalue weighted by Gasteiger charge is -2.19. The van der Waals surface area contributed by atoms with Crippen molar-refractivity contribution in [2.24, 2.45) is 0 Å². The number of rotatable bonds is 2. The molecule has 3 rings (SSSR count). The van der Waals surface area contributed by atoms with Crippen LogP contribution >= 0.6 is 0 Å². The molecule has 1 aromatic carbocycles. The first-order valence-corrected chi connectivity index (χ1v) is 6.72. The fourth-order valence-corrected chi connectivity index (χ4v) is 2.60. The Kier molecular flexibility index (Phi) is 3.04. The van der Waals surface area contributed by atoms with Crippen LogP contribution in [0.3, 0.4) is 0 Å². The molecule has 1 saturated heterocycles. The number of carbonyl (C=O) groups excluding carboxylic acids is 1. The van der Waals surface area contributed by atoms with Gasteiger partial charge in [-0.1, -0.05) is 17.3 Å². The van der Waals surface area contributed by atoms with Gasteiger partial charge in [0, 0.05) is 31.5 Å². The lowest BCUT2D eigenvalue weighted by molar-refractivity contribution is -0.117. The molecular weight excluding hydrogens is 254 g/mol. The second kappa shape index (κ2) is 4.74. The van der Waals surface area contributed by atoms with E-state index in [1.54, 1.807) is 6.92 Å². The van der Waals surface area contributed by atoms with Gasteiger partial charge in [-0.3, -0.25) is 4.79 Å². The molecule has 1 unspecified atom stereocenters. The van der Waals surface area contributed by atoms with Gasteiger partial charge in [-0.05, 0) is 31.0 Å². The number of anilines is 1. The van der Waals surface area contributed by atoms with Crippen molar-refractivity contribution in [1.82, 2.24) is 10.1 Å². The molecule has 2 aromatic rings. The largest absolute Gasteiger partial charge is 0.340 e. The van der Waals surface area contributed by atoms with Crippen molar-refractivity contribution in [3.8, 4) is 0 Å². The van der Waals surface area contributed by atoms with Crippen LogP contribution in [0.1, 0.15) is 35.2 Å². The van der Waals surface area contributed by atoms with Crippen LogP contribution in [0.2, 0.25) is 0 Å². The normalized spacial score (nSPS) is 18.9. The minimum absolute atomic E-state index is 0.0138. The maximum Gasteiger partial charge on any atom is 0.227 e. The van der Waals surface area contributed by atoms with E-state index >= 15 is 0 Å². The molecular formula is C15H17N3O2. The van der Waals surface area contributed by atoms with E-state index in [9.17, 15) is 4.79 Å². The molecule has 1 amide bonds. The Balaban J connectivity index is 1.89. The van der Waals surface area contributed by atoms with Crippen LogP contribution in [-0.2, 0) is 4.79 Å². The third-order valence-corrected chi connectivity index (χ3v) is 3.69. The lowest BCUT2D eigenvalue weighted by Crippen LogP contribution is -2.25. The number of hydrogen-bond acceptors (Lipinski definition) is 4. The Morgan fingerprint density at radius 2 is 2.10 bits per heavy atom. The van der Waals surface area contributed by atoms with E-state index in [2.05, 4.69) is 22.3 Å². The van der Waals surface area contributed by atoms with Crippen LogP contribution < -0.4 is 4.90 Å². The van der Waals surface area contributed by atoms with Gasteiger partial charge in [0.1, 0.15) is 0 Å². The SMILES string of the molecule is Cc1ccc(C)c(N2CC(c3noc(C)n3)CC2=O)c1. The molecule has 0 spiro atoms. The molecule has 104 valence electrons. The number of carbonyl (C=O) groups is 1. The standard InChI is InChI=1S/C15H17N3O2/c1-9-4-5-10(2)13(6-9)18-8-12(7-14(18)19)15-16-11(3)20-17-15/h4-6,12H,7-8H2,1-3H3. The first-order chi connectivity index (χ1) is 9.54. The summed E-state index contributed by atoms with van der Waals surface area (Å²) in [4.78, 5) is 18.3. The molecule has 0 bridgehead atoms. The van der Waals surface area contributed by atoms with Crippen molar-refractivity contribution in [3.63, 3.8) is 0 Å². The summed E-state index contributed by atoms with van der Waals surface area (Å²) in [7, 11) is 0. The molecule has 1 fully saturated rings.